The lowest BCUT2D eigenvalue weighted by Gasteiger charge is -2.01. The van der Waals surface area contributed by atoms with E-state index in [9.17, 15) is 0 Å². The minimum Gasteiger partial charge on any atom is -0.457 e. The molecular weight excluding hydrogens is 290 g/mol. The number of hydrogen-bond acceptors (Lipinski definition) is 2. The zero-order valence-electron chi connectivity index (χ0n) is 10.5. The molecule has 18 heavy (non-hydrogen) atoms. The van der Waals surface area contributed by atoms with Crippen LogP contribution in [0.3, 0.4) is 0 Å². The highest BCUT2D eigenvalue weighted by molar-refractivity contribution is 9.10. The van der Waals surface area contributed by atoms with Crippen molar-refractivity contribution < 1.29 is 4.42 Å². The largest absolute Gasteiger partial charge is 0.457 e. The molecule has 1 aromatic heterocycles. The Labute approximate surface area is 116 Å². The van der Waals surface area contributed by atoms with E-state index in [0.29, 0.717) is 6.04 Å². The van der Waals surface area contributed by atoms with Crippen molar-refractivity contribution in [1.29, 1.82) is 0 Å². The van der Waals surface area contributed by atoms with Crippen molar-refractivity contribution >= 4 is 22.0 Å². The molecule has 0 aliphatic rings. The predicted octanol–water partition coefficient (Wildman–Crippen LogP) is 4.33. The maximum atomic E-state index is 5.77. The molecule has 1 atom stereocenters. The third-order valence-electron chi connectivity index (χ3n) is 2.76. The Morgan fingerprint density at radius 1 is 1.17 bits per heavy atom. The molecule has 2 nitrogen and oxygen atoms in total. The van der Waals surface area contributed by atoms with Gasteiger partial charge in [0.2, 0.25) is 0 Å². The van der Waals surface area contributed by atoms with E-state index < -0.39 is 0 Å². The summed E-state index contributed by atoms with van der Waals surface area (Å²) in [5.74, 6) is 1.76. The Morgan fingerprint density at radius 3 is 2.56 bits per heavy atom. The van der Waals surface area contributed by atoms with Gasteiger partial charge in [0.25, 0.3) is 0 Å². The lowest BCUT2D eigenvalue weighted by molar-refractivity contribution is 0.571. The SMILES string of the molecule is CNC(C)/C=C/c1ccc(-c2ccc(Br)cc2)o1. The second-order valence-corrected chi connectivity index (χ2v) is 5.06. The molecule has 0 saturated carbocycles. The van der Waals surface area contributed by atoms with Crippen molar-refractivity contribution in [2.45, 2.75) is 13.0 Å². The number of halogens is 1. The van der Waals surface area contributed by atoms with Gasteiger partial charge in [-0.25, -0.2) is 0 Å². The van der Waals surface area contributed by atoms with Gasteiger partial charge < -0.3 is 9.73 Å². The molecule has 0 aliphatic carbocycles. The van der Waals surface area contributed by atoms with Crippen molar-refractivity contribution in [2.24, 2.45) is 0 Å². The number of rotatable bonds is 4. The summed E-state index contributed by atoms with van der Waals surface area (Å²) < 4.78 is 6.84. The first-order valence-electron chi connectivity index (χ1n) is 5.90. The third-order valence-corrected chi connectivity index (χ3v) is 3.29. The van der Waals surface area contributed by atoms with Crippen LogP contribution in [0.25, 0.3) is 17.4 Å². The Balaban J connectivity index is 2.15. The monoisotopic (exact) mass is 305 g/mol. The van der Waals surface area contributed by atoms with Gasteiger partial charge in [-0.2, -0.15) is 0 Å². The van der Waals surface area contributed by atoms with E-state index >= 15 is 0 Å². The Kier molecular flexibility index (Phi) is 4.39. The predicted molar refractivity (Wildman–Crippen MR) is 79.4 cm³/mol. The van der Waals surface area contributed by atoms with Crippen molar-refractivity contribution in [1.82, 2.24) is 5.32 Å². The summed E-state index contributed by atoms with van der Waals surface area (Å²) >= 11 is 3.42. The van der Waals surface area contributed by atoms with Gasteiger partial charge in [-0.1, -0.05) is 34.1 Å². The van der Waals surface area contributed by atoms with Gasteiger partial charge in [0.1, 0.15) is 11.5 Å². The first-order valence-corrected chi connectivity index (χ1v) is 6.69. The fourth-order valence-corrected chi connectivity index (χ4v) is 1.81. The molecule has 1 aromatic carbocycles. The normalized spacial score (nSPS) is 13.1. The zero-order chi connectivity index (χ0) is 13.0. The molecule has 1 heterocycles. The molecule has 3 heteroatoms. The van der Waals surface area contributed by atoms with Gasteiger partial charge in [0.05, 0.1) is 0 Å². The third kappa shape index (κ3) is 3.34. The van der Waals surface area contributed by atoms with Crippen molar-refractivity contribution in [2.75, 3.05) is 7.05 Å². The van der Waals surface area contributed by atoms with E-state index in [-0.39, 0.29) is 0 Å². The van der Waals surface area contributed by atoms with E-state index in [4.69, 9.17) is 4.42 Å². The Hall–Kier alpha value is -1.32. The maximum Gasteiger partial charge on any atom is 0.134 e. The molecule has 0 aliphatic heterocycles. The van der Waals surface area contributed by atoms with Gasteiger partial charge in [-0.15, -0.1) is 0 Å². The average molecular weight is 306 g/mol. The zero-order valence-corrected chi connectivity index (χ0v) is 12.1. The van der Waals surface area contributed by atoms with E-state index in [0.717, 1.165) is 21.6 Å². The van der Waals surface area contributed by atoms with Crippen molar-refractivity contribution in [3.8, 4) is 11.3 Å². The Morgan fingerprint density at radius 2 is 1.89 bits per heavy atom. The molecule has 2 rings (SSSR count). The van der Waals surface area contributed by atoms with Gasteiger partial charge in [-0.3, -0.25) is 0 Å². The van der Waals surface area contributed by atoms with E-state index in [1.165, 1.54) is 0 Å². The summed E-state index contributed by atoms with van der Waals surface area (Å²) in [6, 6.07) is 12.4. The summed E-state index contributed by atoms with van der Waals surface area (Å²) in [6.07, 6.45) is 4.06. The molecule has 0 radical (unpaired) electrons. The van der Waals surface area contributed by atoms with Crippen LogP contribution < -0.4 is 5.32 Å². The quantitative estimate of drug-likeness (QED) is 0.909. The summed E-state index contributed by atoms with van der Waals surface area (Å²) in [4.78, 5) is 0. The van der Waals surface area contributed by atoms with Crippen LogP contribution in [0, 0.1) is 0 Å². The lowest BCUT2D eigenvalue weighted by Crippen LogP contribution is -2.17. The van der Waals surface area contributed by atoms with Crippen LogP contribution in [0.4, 0.5) is 0 Å². The van der Waals surface area contributed by atoms with E-state index in [2.05, 4.69) is 34.2 Å². The van der Waals surface area contributed by atoms with Gasteiger partial charge in [-0.05, 0) is 44.3 Å². The van der Waals surface area contributed by atoms with E-state index in [1.807, 2.05) is 49.5 Å². The van der Waals surface area contributed by atoms with Gasteiger partial charge >= 0.3 is 0 Å². The molecule has 2 aromatic rings. The highest BCUT2D eigenvalue weighted by atomic mass is 79.9. The summed E-state index contributed by atoms with van der Waals surface area (Å²) in [5, 5.41) is 3.15. The molecule has 1 unspecified atom stereocenters. The van der Waals surface area contributed by atoms with Crippen LogP contribution in [-0.2, 0) is 0 Å². The number of likely N-dealkylation sites (N-methyl/N-ethyl adjacent to an activating group) is 1. The number of furan rings is 1. The van der Waals surface area contributed by atoms with Crippen LogP contribution >= 0.6 is 15.9 Å². The maximum absolute atomic E-state index is 5.77. The molecule has 1 N–H and O–H groups in total. The highest BCUT2D eigenvalue weighted by Crippen LogP contribution is 2.24. The second kappa shape index (κ2) is 6.03. The minimum absolute atomic E-state index is 0.339. The second-order valence-electron chi connectivity index (χ2n) is 4.15. The van der Waals surface area contributed by atoms with Crippen LogP contribution in [0.5, 0.6) is 0 Å². The molecule has 0 fully saturated rings. The van der Waals surface area contributed by atoms with Crippen molar-refractivity contribution in [3.05, 3.63) is 52.7 Å². The van der Waals surface area contributed by atoms with Crippen LogP contribution in [0.2, 0.25) is 0 Å². The van der Waals surface area contributed by atoms with Crippen LogP contribution in [-0.4, -0.2) is 13.1 Å². The van der Waals surface area contributed by atoms with E-state index in [1.54, 1.807) is 0 Å². The molecule has 0 spiro atoms. The van der Waals surface area contributed by atoms with Gasteiger partial charge in [0.15, 0.2) is 0 Å². The first-order chi connectivity index (χ1) is 8.69. The molecule has 94 valence electrons. The molecule has 0 amide bonds. The molecular formula is C15H16BrNO. The van der Waals surface area contributed by atoms with Gasteiger partial charge in [0, 0.05) is 16.1 Å². The molecule has 0 bridgehead atoms. The topological polar surface area (TPSA) is 25.2 Å². The first kappa shape index (κ1) is 13.1. The summed E-state index contributed by atoms with van der Waals surface area (Å²) in [6.45, 7) is 2.09. The van der Waals surface area contributed by atoms with Crippen LogP contribution in [0.1, 0.15) is 12.7 Å². The molecule has 0 saturated heterocycles. The number of hydrogen-bond donors (Lipinski definition) is 1. The highest BCUT2D eigenvalue weighted by Gasteiger charge is 2.02. The average Bonchev–Trinajstić information content (AvgIpc) is 2.85. The smallest absolute Gasteiger partial charge is 0.134 e. The van der Waals surface area contributed by atoms with Crippen LogP contribution in [0.15, 0.2) is 51.4 Å². The number of benzene rings is 1. The Bertz CT molecular complexity index is 528. The standard InChI is InChI=1S/C15H16BrNO/c1-11(17-2)3-8-14-9-10-15(18-14)12-4-6-13(16)7-5-12/h3-11,17H,1-2H3/b8-3+. The van der Waals surface area contributed by atoms with Crippen molar-refractivity contribution in [3.63, 3.8) is 0 Å². The summed E-state index contributed by atoms with van der Waals surface area (Å²) in [5.41, 5.74) is 1.08. The number of nitrogens with one attached hydrogen (secondary N) is 1. The fraction of sp³-hybridized carbons (Fsp3) is 0.200. The fourth-order valence-electron chi connectivity index (χ4n) is 1.55. The lowest BCUT2D eigenvalue weighted by atomic mass is 10.2. The summed E-state index contributed by atoms with van der Waals surface area (Å²) in [7, 11) is 1.93. The minimum atomic E-state index is 0.339.